The Morgan fingerprint density at radius 3 is 2.44 bits per heavy atom. The van der Waals surface area contributed by atoms with Crippen LogP contribution >= 0.6 is 0 Å². The summed E-state index contributed by atoms with van der Waals surface area (Å²) in [5, 5.41) is 5.66. The molecule has 1 atom stereocenters. The fourth-order valence-electron chi connectivity index (χ4n) is 3.57. The summed E-state index contributed by atoms with van der Waals surface area (Å²) < 4.78 is 5.12. The van der Waals surface area contributed by atoms with Crippen molar-refractivity contribution in [1.29, 1.82) is 0 Å². The number of likely N-dealkylation sites (N-methyl/N-ethyl adjacent to an activating group) is 1. The minimum Gasteiger partial charge on any atom is -0.497 e. The summed E-state index contributed by atoms with van der Waals surface area (Å²) in [4.78, 5) is 29.4. The first kappa shape index (κ1) is 23.3. The highest BCUT2D eigenvalue weighted by Crippen LogP contribution is 2.21. The zero-order valence-corrected chi connectivity index (χ0v) is 19.0. The second-order valence-corrected chi connectivity index (χ2v) is 7.97. The Bertz CT molecular complexity index is 934. The predicted octanol–water partition coefficient (Wildman–Crippen LogP) is 2.28. The molecule has 1 saturated heterocycles. The molecule has 0 aliphatic carbocycles. The van der Waals surface area contributed by atoms with Gasteiger partial charge in [-0.05, 0) is 49.4 Å². The molecule has 0 spiro atoms. The summed E-state index contributed by atoms with van der Waals surface area (Å²) in [5.41, 5.74) is 3.10. The number of rotatable bonds is 8. The lowest BCUT2D eigenvalue weighted by Crippen LogP contribution is -2.45. The van der Waals surface area contributed by atoms with Crippen LogP contribution < -0.4 is 20.3 Å². The van der Waals surface area contributed by atoms with E-state index in [1.54, 1.807) is 20.1 Å². The summed E-state index contributed by atoms with van der Waals surface area (Å²) in [6, 6.07) is 14.9. The zero-order chi connectivity index (χ0) is 22.9. The quantitative estimate of drug-likeness (QED) is 0.621. The lowest BCUT2D eigenvalue weighted by molar-refractivity contribution is -0.126. The van der Waals surface area contributed by atoms with Gasteiger partial charge >= 0.3 is 0 Å². The lowest BCUT2D eigenvalue weighted by Gasteiger charge is -2.35. The number of hydrogen-bond acceptors (Lipinski definition) is 5. The van der Waals surface area contributed by atoms with E-state index in [1.165, 1.54) is 6.08 Å². The molecule has 0 aromatic heterocycles. The standard InChI is InChI=1S/C25H32N4O3/c1-19(27-24(30)13-10-20-8-11-22(32-3)12-9-20)25(31)26-18-21-6-4-5-7-23(21)29-16-14-28(2)15-17-29/h4-13,19H,14-18H2,1-3H3,(H,26,31)(H,27,30)/b13-10+. The van der Waals surface area contributed by atoms with Crippen LogP contribution in [0.4, 0.5) is 5.69 Å². The molecule has 2 aromatic carbocycles. The van der Waals surface area contributed by atoms with Crippen LogP contribution in [0, 0.1) is 0 Å². The third-order valence-electron chi connectivity index (χ3n) is 5.58. The van der Waals surface area contributed by atoms with E-state index in [4.69, 9.17) is 4.74 Å². The van der Waals surface area contributed by atoms with Gasteiger partial charge in [0, 0.05) is 44.5 Å². The number of amides is 2. The number of methoxy groups -OCH3 is 1. The molecule has 7 heteroatoms. The topological polar surface area (TPSA) is 73.9 Å². The Balaban J connectivity index is 1.50. The van der Waals surface area contributed by atoms with Crippen molar-refractivity contribution >= 4 is 23.6 Å². The highest BCUT2D eigenvalue weighted by Gasteiger charge is 2.18. The van der Waals surface area contributed by atoms with Gasteiger partial charge in [0.1, 0.15) is 11.8 Å². The maximum absolute atomic E-state index is 12.5. The van der Waals surface area contributed by atoms with Crippen molar-refractivity contribution in [1.82, 2.24) is 15.5 Å². The van der Waals surface area contributed by atoms with Crippen molar-refractivity contribution in [2.45, 2.75) is 19.5 Å². The van der Waals surface area contributed by atoms with Gasteiger partial charge in [0.25, 0.3) is 0 Å². The summed E-state index contributed by atoms with van der Waals surface area (Å²) in [5.74, 6) is 0.219. The molecule has 7 nitrogen and oxygen atoms in total. The Labute approximate surface area is 190 Å². The normalized spacial score (nSPS) is 15.4. The monoisotopic (exact) mass is 436 g/mol. The molecule has 1 heterocycles. The van der Waals surface area contributed by atoms with Crippen LogP contribution in [0.15, 0.2) is 54.6 Å². The molecule has 2 N–H and O–H groups in total. The van der Waals surface area contributed by atoms with Gasteiger partial charge in [-0.2, -0.15) is 0 Å². The molecule has 1 aliphatic heterocycles. The van der Waals surface area contributed by atoms with Crippen molar-refractivity contribution in [2.75, 3.05) is 45.2 Å². The first-order chi connectivity index (χ1) is 15.5. The predicted molar refractivity (Wildman–Crippen MR) is 128 cm³/mol. The minimum absolute atomic E-state index is 0.218. The molecule has 2 aromatic rings. The molecule has 1 unspecified atom stereocenters. The fraction of sp³-hybridized carbons (Fsp3) is 0.360. The Hall–Kier alpha value is -3.32. The van der Waals surface area contributed by atoms with Gasteiger partial charge in [-0.1, -0.05) is 30.3 Å². The smallest absolute Gasteiger partial charge is 0.244 e. The molecule has 1 fully saturated rings. The van der Waals surface area contributed by atoms with E-state index in [9.17, 15) is 9.59 Å². The van der Waals surface area contributed by atoms with Gasteiger partial charge in [0.05, 0.1) is 7.11 Å². The average Bonchev–Trinajstić information content (AvgIpc) is 2.82. The van der Waals surface area contributed by atoms with Gasteiger partial charge in [-0.25, -0.2) is 0 Å². The first-order valence-electron chi connectivity index (χ1n) is 10.9. The van der Waals surface area contributed by atoms with E-state index in [2.05, 4.69) is 33.5 Å². The van der Waals surface area contributed by atoms with Crippen LogP contribution in [0.2, 0.25) is 0 Å². The van der Waals surface area contributed by atoms with Gasteiger partial charge in [-0.3, -0.25) is 9.59 Å². The second kappa shape index (κ2) is 11.3. The first-order valence-corrected chi connectivity index (χ1v) is 10.9. The van der Waals surface area contributed by atoms with E-state index in [-0.39, 0.29) is 11.8 Å². The number of carbonyl (C=O) groups is 2. The van der Waals surface area contributed by atoms with Crippen LogP contribution in [0.3, 0.4) is 0 Å². The molecule has 0 saturated carbocycles. The SMILES string of the molecule is COc1ccc(/C=C/C(=O)NC(C)C(=O)NCc2ccccc2N2CCN(C)CC2)cc1. The largest absolute Gasteiger partial charge is 0.497 e. The minimum atomic E-state index is -0.640. The average molecular weight is 437 g/mol. The maximum Gasteiger partial charge on any atom is 0.244 e. The molecule has 170 valence electrons. The maximum atomic E-state index is 12.5. The number of nitrogens with zero attached hydrogens (tertiary/aromatic N) is 2. The number of hydrogen-bond donors (Lipinski definition) is 2. The van der Waals surface area contributed by atoms with Crippen molar-refractivity contribution in [3.8, 4) is 5.75 Å². The molecule has 32 heavy (non-hydrogen) atoms. The van der Waals surface area contributed by atoms with E-state index < -0.39 is 6.04 Å². The Morgan fingerprint density at radius 2 is 1.75 bits per heavy atom. The van der Waals surface area contributed by atoms with Crippen LogP contribution in [0.5, 0.6) is 5.75 Å². The second-order valence-electron chi connectivity index (χ2n) is 7.97. The van der Waals surface area contributed by atoms with Crippen LogP contribution in [0.25, 0.3) is 6.08 Å². The third kappa shape index (κ3) is 6.59. The summed E-state index contributed by atoms with van der Waals surface area (Å²) >= 11 is 0. The van der Waals surface area contributed by atoms with Crippen LogP contribution in [-0.4, -0.2) is 63.1 Å². The fourth-order valence-corrected chi connectivity index (χ4v) is 3.57. The lowest BCUT2D eigenvalue weighted by atomic mass is 10.1. The number of nitrogens with one attached hydrogen (secondary N) is 2. The van der Waals surface area contributed by atoms with Crippen molar-refractivity contribution in [2.24, 2.45) is 0 Å². The van der Waals surface area contributed by atoms with E-state index in [0.717, 1.165) is 48.7 Å². The van der Waals surface area contributed by atoms with Crippen LogP contribution in [0.1, 0.15) is 18.1 Å². The summed E-state index contributed by atoms with van der Waals surface area (Å²) in [6.07, 6.45) is 3.12. The van der Waals surface area contributed by atoms with Gasteiger partial charge in [0.15, 0.2) is 0 Å². The van der Waals surface area contributed by atoms with Crippen molar-refractivity contribution < 1.29 is 14.3 Å². The summed E-state index contributed by atoms with van der Waals surface area (Å²) in [7, 11) is 3.74. The number of anilines is 1. The van der Waals surface area contributed by atoms with Crippen molar-refractivity contribution in [3.05, 3.63) is 65.7 Å². The molecule has 3 rings (SSSR count). The molecular weight excluding hydrogens is 404 g/mol. The van der Waals surface area contributed by atoms with Gasteiger partial charge in [-0.15, -0.1) is 0 Å². The van der Waals surface area contributed by atoms with Crippen molar-refractivity contribution in [3.63, 3.8) is 0 Å². The molecule has 0 bridgehead atoms. The number of carbonyl (C=O) groups excluding carboxylic acids is 2. The molecular formula is C25H32N4O3. The van der Waals surface area contributed by atoms with E-state index >= 15 is 0 Å². The number of piperazine rings is 1. The van der Waals surface area contributed by atoms with Gasteiger partial charge in [0.2, 0.25) is 11.8 Å². The van der Waals surface area contributed by atoms with Crippen LogP contribution in [-0.2, 0) is 16.1 Å². The third-order valence-corrected chi connectivity index (χ3v) is 5.58. The number of ether oxygens (including phenoxy) is 1. The molecule has 1 aliphatic rings. The molecule has 0 radical (unpaired) electrons. The van der Waals surface area contributed by atoms with Gasteiger partial charge < -0.3 is 25.2 Å². The number of benzene rings is 2. The number of para-hydroxylation sites is 1. The summed E-state index contributed by atoms with van der Waals surface area (Å²) in [6.45, 7) is 6.08. The van der Waals surface area contributed by atoms with E-state index in [0.29, 0.717) is 6.54 Å². The Morgan fingerprint density at radius 1 is 1.06 bits per heavy atom. The molecule has 2 amide bonds. The van der Waals surface area contributed by atoms with E-state index in [1.807, 2.05) is 42.5 Å². The zero-order valence-electron chi connectivity index (χ0n) is 19.0. The highest BCUT2D eigenvalue weighted by molar-refractivity contribution is 5.95. The highest BCUT2D eigenvalue weighted by atomic mass is 16.5. The Kier molecular flexibility index (Phi) is 8.27.